The van der Waals surface area contributed by atoms with Crippen molar-refractivity contribution in [2.75, 3.05) is 0 Å². The zero-order valence-electron chi connectivity index (χ0n) is 3.93. The quantitative estimate of drug-likeness (QED) is 0.410. The zero-order valence-corrected chi connectivity index (χ0v) is 5.56. The predicted octanol–water partition coefficient (Wildman–Crippen LogP) is 0.840. The Morgan fingerprint density at radius 2 is 2.29 bits per heavy atom. The lowest BCUT2D eigenvalue weighted by Gasteiger charge is -1.96. The second-order valence-corrected chi connectivity index (χ2v) is 2.49. The molecule has 0 aromatic heterocycles. The molecule has 0 saturated carbocycles. The van der Waals surface area contributed by atoms with Crippen molar-refractivity contribution >= 4 is 34.8 Å². The molecule has 0 unspecified atom stereocenters. The third-order valence-corrected chi connectivity index (χ3v) is 0.682. The first-order valence-electron chi connectivity index (χ1n) is 1.82. The number of hydrogen-bond donors (Lipinski definition) is 0. The van der Waals surface area contributed by atoms with Gasteiger partial charge in [0.25, 0.3) is 0 Å². The van der Waals surface area contributed by atoms with Gasteiger partial charge in [0.1, 0.15) is 5.78 Å². The van der Waals surface area contributed by atoms with E-state index in [0.717, 1.165) is 0 Å². The molecule has 40 valence electrons. The third kappa shape index (κ3) is 5.98. The van der Waals surface area contributed by atoms with Crippen molar-refractivity contribution in [1.29, 1.82) is 0 Å². The molecule has 0 spiro atoms. The molecule has 0 aliphatic carbocycles. The van der Waals surface area contributed by atoms with Crippen molar-refractivity contribution in [2.24, 2.45) is 0 Å². The van der Waals surface area contributed by atoms with Gasteiger partial charge >= 0.3 is 0 Å². The van der Waals surface area contributed by atoms with Crippen LogP contribution in [0.2, 0.25) is 0 Å². The van der Waals surface area contributed by atoms with Crippen LogP contribution in [0.1, 0.15) is 13.3 Å². The van der Waals surface area contributed by atoms with Crippen LogP contribution in [0, 0.1) is 0 Å². The molecule has 0 heterocycles. The van der Waals surface area contributed by atoms with Crippen LogP contribution in [-0.2, 0) is 17.4 Å². The van der Waals surface area contributed by atoms with Crippen molar-refractivity contribution < 1.29 is 4.79 Å². The molecular formula is C4H5OS2-. The van der Waals surface area contributed by atoms with E-state index in [1.807, 2.05) is 0 Å². The second kappa shape index (κ2) is 3.04. The Morgan fingerprint density at radius 1 is 1.86 bits per heavy atom. The van der Waals surface area contributed by atoms with Crippen molar-refractivity contribution in [1.82, 2.24) is 0 Å². The van der Waals surface area contributed by atoms with Gasteiger partial charge in [-0.15, -0.1) is 4.20 Å². The molecular weight excluding hydrogens is 128 g/mol. The van der Waals surface area contributed by atoms with E-state index in [4.69, 9.17) is 0 Å². The fourth-order valence-electron chi connectivity index (χ4n) is 0.203. The zero-order chi connectivity index (χ0) is 5.86. The van der Waals surface area contributed by atoms with Gasteiger partial charge in [-0.25, -0.2) is 0 Å². The second-order valence-electron chi connectivity index (χ2n) is 1.25. The molecule has 0 amide bonds. The minimum absolute atomic E-state index is 0.0417. The Hall–Kier alpha value is -0.0200. The van der Waals surface area contributed by atoms with Crippen LogP contribution in [0.25, 0.3) is 0 Å². The summed E-state index contributed by atoms with van der Waals surface area (Å²) in [6.45, 7) is 1.47. The van der Waals surface area contributed by atoms with Crippen molar-refractivity contribution in [3.63, 3.8) is 0 Å². The van der Waals surface area contributed by atoms with Crippen LogP contribution < -0.4 is 0 Å². The molecule has 7 heavy (non-hydrogen) atoms. The lowest BCUT2D eigenvalue weighted by molar-refractivity contribution is -0.115. The molecule has 0 rings (SSSR count). The van der Waals surface area contributed by atoms with Gasteiger partial charge in [0, 0.05) is 6.42 Å². The van der Waals surface area contributed by atoms with Gasteiger partial charge in [0.05, 0.1) is 0 Å². The lowest BCUT2D eigenvalue weighted by Crippen LogP contribution is -1.96. The lowest BCUT2D eigenvalue weighted by atomic mass is 10.4. The number of carbonyl (C=O) groups is 1. The molecule has 0 aliphatic heterocycles. The fraction of sp³-hybridized carbons (Fsp3) is 0.500. The smallest absolute Gasteiger partial charge is 0.132 e. The summed E-state index contributed by atoms with van der Waals surface area (Å²) in [6, 6.07) is 0. The SMILES string of the molecule is CC(=O)CC(=S)[S-]. The van der Waals surface area contributed by atoms with Gasteiger partial charge in [0.2, 0.25) is 0 Å². The number of Topliss-reactive ketones (excluding diaryl/α,β-unsaturated/α-hetero) is 1. The highest BCUT2D eigenvalue weighted by Crippen LogP contribution is 1.83. The fourth-order valence-corrected chi connectivity index (χ4v) is 0.610. The average Bonchev–Trinajstić information content (AvgIpc) is 1.27. The van der Waals surface area contributed by atoms with Gasteiger partial charge in [-0.2, -0.15) is 0 Å². The Bertz CT molecular complexity index is 85.9. The molecule has 0 aromatic carbocycles. The molecule has 0 fully saturated rings. The van der Waals surface area contributed by atoms with E-state index in [0.29, 0.717) is 4.20 Å². The molecule has 0 bridgehead atoms. The highest BCUT2D eigenvalue weighted by atomic mass is 32.1. The van der Waals surface area contributed by atoms with Gasteiger partial charge < -0.3 is 24.8 Å². The van der Waals surface area contributed by atoms with Crippen molar-refractivity contribution in [3.8, 4) is 0 Å². The summed E-state index contributed by atoms with van der Waals surface area (Å²) in [4.78, 5) is 10.1. The van der Waals surface area contributed by atoms with E-state index in [9.17, 15) is 4.79 Å². The van der Waals surface area contributed by atoms with Gasteiger partial charge in [-0.3, -0.25) is 4.79 Å². The van der Waals surface area contributed by atoms with Gasteiger partial charge in [0.15, 0.2) is 0 Å². The van der Waals surface area contributed by atoms with E-state index >= 15 is 0 Å². The summed E-state index contributed by atoms with van der Waals surface area (Å²) < 4.78 is 0.354. The number of hydrogen-bond acceptors (Lipinski definition) is 3. The van der Waals surface area contributed by atoms with Crippen LogP contribution >= 0.6 is 12.2 Å². The summed E-state index contributed by atoms with van der Waals surface area (Å²) >= 11 is 8.93. The maximum atomic E-state index is 10.1. The van der Waals surface area contributed by atoms with Crippen LogP contribution in [0.15, 0.2) is 0 Å². The largest absolute Gasteiger partial charge is 0.432 e. The molecule has 0 aromatic rings. The summed E-state index contributed by atoms with van der Waals surface area (Å²) in [7, 11) is 0. The molecule has 0 atom stereocenters. The Morgan fingerprint density at radius 3 is 2.29 bits per heavy atom. The Balaban J connectivity index is 3.32. The topological polar surface area (TPSA) is 17.1 Å². The maximum absolute atomic E-state index is 10.1. The highest BCUT2D eigenvalue weighted by Gasteiger charge is 1.84. The number of carbonyl (C=O) groups excluding carboxylic acids is 1. The number of thiocarbonyl (C=S) groups is 1. The standard InChI is InChI=1S/C4H6OS2/c1-3(5)2-4(6)7/h2H2,1H3,(H,6,7)/p-1. The first-order valence-corrected chi connectivity index (χ1v) is 2.64. The Labute approximate surface area is 53.5 Å². The van der Waals surface area contributed by atoms with Gasteiger partial charge in [-0.05, 0) is 6.92 Å². The van der Waals surface area contributed by atoms with Crippen LogP contribution in [-0.4, -0.2) is 9.98 Å². The predicted molar refractivity (Wildman–Crippen MR) is 35.3 cm³/mol. The first-order chi connectivity index (χ1) is 3.13. The normalized spacial score (nSPS) is 8.14. The summed E-state index contributed by atoms with van der Waals surface area (Å²) in [6.07, 6.45) is 0.269. The molecule has 1 nitrogen and oxygen atoms in total. The minimum Gasteiger partial charge on any atom is -0.432 e. The molecule has 0 aliphatic rings. The number of rotatable bonds is 2. The Kier molecular flexibility index (Phi) is 3.04. The van der Waals surface area contributed by atoms with Gasteiger partial charge in [-0.1, -0.05) is 0 Å². The number of ketones is 1. The molecule has 0 N–H and O–H groups in total. The van der Waals surface area contributed by atoms with E-state index in [1.54, 1.807) is 0 Å². The van der Waals surface area contributed by atoms with Crippen molar-refractivity contribution in [2.45, 2.75) is 13.3 Å². The van der Waals surface area contributed by atoms with E-state index in [2.05, 4.69) is 24.8 Å². The van der Waals surface area contributed by atoms with Crippen LogP contribution in [0.3, 0.4) is 0 Å². The minimum atomic E-state index is 0.0417. The molecule has 3 heteroatoms. The summed E-state index contributed by atoms with van der Waals surface area (Å²) in [5.74, 6) is 0.0417. The van der Waals surface area contributed by atoms with Crippen LogP contribution in [0.4, 0.5) is 0 Å². The monoisotopic (exact) mass is 133 g/mol. The molecule has 0 radical (unpaired) electrons. The van der Waals surface area contributed by atoms with Crippen LogP contribution in [0.5, 0.6) is 0 Å². The van der Waals surface area contributed by atoms with E-state index in [1.165, 1.54) is 6.92 Å². The van der Waals surface area contributed by atoms with E-state index in [-0.39, 0.29) is 12.2 Å². The highest BCUT2D eigenvalue weighted by molar-refractivity contribution is 8.00. The first kappa shape index (κ1) is 6.98. The summed E-state index contributed by atoms with van der Waals surface area (Å²) in [5.41, 5.74) is 0. The third-order valence-electron chi connectivity index (χ3n) is 0.393. The maximum Gasteiger partial charge on any atom is 0.132 e. The average molecular weight is 133 g/mol. The van der Waals surface area contributed by atoms with E-state index < -0.39 is 0 Å². The molecule has 0 saturated heterocycles. The van der Waals surface area contributed by atoms with Crippen molar-refractivity contribution in [3.05, 3.63) is 0 Å². The summed E-state index contributed by atoms with van der Waals surface area (Å²) in [5, 5.41) is 0.